The lowest BCUT2D eigenvalue weighted by Gasteiger charge is -2.12. The van der Waals surface area contributed by atoms with Crippen LogP contribution in [0.2, 0.25) is 0 Å². The fourth-order valence-corrected chi connectivity index (χ4v) is 2.04. The normalized spacial score (nSPS) is 10.7. The Bertz CT molecular complexity index is 581. The predicted molar refractivity (Wildman–Crippen MR) is 82.8 cm³/mol. The van der Waals surface area contributed by atoms with E-state index in [0.29, 0.717) is 25.1 Å². The van der Waals surface area contributed by atoms with Gasteiger partial charge < -0.3 is 0 Å². The Labute approximate surface area is 122 Å². The van der Waals surface area contributed by atoms with Crippen molar-refractivity contribution in [1.29, 1.82) is 0 Å². The highest BCUT2D eigenvalue weighted by atomic mass is 32.1. The van der Waals surface area contributed by atoms with Crippen molar-refractivity contribution in [2.75, 3.05) is 5.75 Å². The average Bonchev–Trinajstić information content (AvgIpc) is 2.43. The Morgan fingerprint density at radius 1 is 1.00 bits per heavy atom. The van der Waals surface area contributed by atoms with Gasteiger partial charge in [0.1, 0.15) is 0 Å². The van der Waals surface area contributed by atoms with Gasteiger partial charge in [-0.05, 0) is 18.6 Å². The van der Waals surface area contributed by atoms with Crippen LogP contribution in [0.1, 0.15) is 26.2 Å². The third-order valence-corrected chi connectivity index (χ3v) is 3.29. The summed E-state index contributed by atoms with van der Waals surface area (Å²) in [7, 11) is 0. The van der Waals surface area contributed by atoms with Crippen LogP contribution in [-0.4, -0.2) is 19.5 Å². The molecule has 0 amide bonds. The van der Waals surface area contributed by atoms with Gasteiger partial charge in [0.2, 0.25) is 0 Å². The zero-order chi connectivity index (χ0) is 15.1. The van der Waals surface area contributed by atoms with Crippen molar-refractivity contribution >= 4 is 12.6 Å². The number of allylic oxidation sites excluding steroid dienone is 1. The fraction of sp³-hybridized carbons (Fsp3) is 0.615. The van der Waals surface area contributed by atoms with E-state index in [9.17, 15) is 14.4 Å². The van der Waals surface area contributed by atoms with Crippen molar-refractivity contribution in [3.63, 3.8) is 0 Å². The molecular weight excluding hydrogens is 278 g/mol. The lowest BCUT2D eigenvalue weighted by Crippen LogP contribution is -2.54. The van der Waals surface area contributed by atoms with Gasteiger partial charge in [-0.1, -0.05) is 19.4 Å². The second-order valence-corrected chi connectivity index (χ2v) is 4.93. The molecule has 0 atom stereocenters. The first-order valence-electron chi connectivity index (χ1n) is 6.74. The largest absolute Gasteiger partial charge is 0.336 e. The molecule has 1 rings (SSSR count). The molecule has 0 saturated heterocycles. The Balaban J connectivity index is 3.47. The maximum Gasteiger partial charge on any atom is 0.336 e. The lowest BCUT2D eigenvalue weighted by atomic mass is 10.3. The quantitative estimate of drug-likeness (QED) is 0.561. The van der Waals surface area contributed by atoms with Crippen LogP contribution in [0.25, 0.3) is 0 Å². The van der Waals surface area contributed by atoms with Gasteiger partial charge in [-0.2, -0.15) is 12.6 Å². The average molecular weight is 299 g/mol. The maximum atomic E-state index is 12.2. The van der Waals surface area contributed by atoms with Gasteiger partial charge in [0.25, 0.3) is 0 Å². The van der Waals surface area contributed by atoms with Gasteiger partial charge in [-0.25, -0.2) is 28.1 Å². The van der Waals surface area contributed by atoms with Crippen LogP contribution in [0.4, 0.5) is 0 Å². The molecule has 0 bridgehead atoms. The fourth-order valence-electron chi connectivity index (χ4n) is 1.90. The first kappa shape index (κ1) is 16.6. The second-order valence-electron chi connectivity index (χ2n) is 4.48. The van der Waals surface area contributed by atoms with E-state index >= 15 is 0 Å². The lowest BCUT2D eigenvalue weighted by molar-refractivity contribution is 0.449. The summed E-state index contributed by atoms with van der Waals surface area (Å²) in [6, 6.07) is 0. The van der Waals surface area contributed by atoms with Crippen molar-refractivity contribution in [2.24, 2.45) is 0 Å². The second kappa shape index (κ2) is 7.94. The van der Waals surface area contributed by atoms with E-state index in [1.54, 1.807) is 0 Å². The third kappa shape index (κ3) is 3.53. The number of unbranched alkanes of at least 4 members (excludes halogenated alkanes) is 1. The molecule has 20 heavy (non-hydrogen) atoms. The minimum atomic E-state index is -0.575. The van der Waals surface area contributed by atoms with Gasteiger partial charge in [0, 0.05) is 13.1 Å². The van der Waals surface area contributed by atoms with Crippen LogP contribution in [0, 0.1) is 0 Å². The Hall–Kier alpha value is -1.50. The molecule has 112 valence electrons. The standard InChI is InChI=1S/C13H21N3O3S/c1-3-5-8-15-11(17)14(7-4-2)12(18)16(13(15)19)9-6-10-20/h4,20H,2-3,5-10H2,1H3. The van der Waals surface area contributed by atoms with Crippen molar-refractivity contribution < 1.29 is 0 Å². The molecule has 0 N–H and O–H groups in total. The highest BCUT2D eigenvalue weighted by Gasteiger charge is 2.13. The summed E-state index contributed by atoms with van der Waals surface area (Å²) in [5, 5.41) is 0. The van der Waals surface area contributed by atoms with E-state index in [4.69, 9.17) is 0 Å². The van der Waals surface area contributed by atoms with E-state index in [2.05, 4.69) is 19.2 Å². The highest BCUT2D eigenvalue weighted by molar-refractivity contribution is 7.80. The third-order valence-electron chi connectivity index (χ3n) is 2.97. The molecule has 0 aliphatic rings. The molecule has 0 spiro atoms. The van der Waals surface area contributed by atoms with Crippen LogP contribution in [-0.2, 0) is 19.6 Å². The molecule has 1 heterocycles. The van der Waals surface area contributed by atoms with E-state index in [0.717, 1.165) is 20.1 Å². The van der Waals surface area contributed by atoms with Crippen molar-refractivity contribution in [3.05, 3.63) is 44.1 Å². The van der Waals surface area contributed by atoms with Crippen molar-refractivity contribution in [2.45, 2.75) is 45.8 Å². The van der Waals surface area contributed by atoms with Crippen LogP contribution >= 0.6 is 12.6 Å². The number of thiol groups is 1. The van der Waals surface area contributed by atoms with Gasteiger partial charge in [0.05, 0.1) is 6.54 Å². The summed E-state index contributed by atoms with van der Waals surface area (Å²) in [6.07, 6.45) is 3.65. The van der Waals surface area contributed by atoms with Crippen LogP contribution in [0.3, 0.4) is 0 Å². The summed E-state index contributed by atoms with van der Waals surface area (Å²) < 4.78 is 3.28. The molecule has 0 aliphatic carbocycles. The molecule has 0 saturated carbocycles. The molecule has 0 radical (unpaired) electrons. The Morgan fingerprint density at radius 3 is 1.95 bits per heavy atom. The molecule has 1 aromatic rings. The predicted octanol–water partition coefficient (Wildman–Crippen LogP) is 0.478. The van der Waals surface area contributed by atoms with Crippen molar-refractivity contribution in [1.82, 2.24) is 13.7 Å². The molecule has 0 aliphatic heterocycles. The smallest absolute Gasteiger partial charge is 0.247 e. The molecular formula is C13H21N3O3S. The molecule has 1 aromatic heterocycles. The summed E-state index contributed by atoms with van der Waals surface area (Å²) in [4.78, 5) is 36.6. The Morgan fingerprint density at radius 2 is 1.50 bits per heavy atom. The zero-order valence-corrected chi connectivity index (χ0v) is 12.6. The van der Waals surface area contributed by atoms with E-state index < -0.39 is 17.1 Å². The first-order chi connectivity index (χ1) is 9.58. The topological polar surface area (TPSA) is 66.0 Å². The van der Waals surface area contributed by atoms with E-state index in [1.807, 2.05) is 6.92 Å². The molecule has 0 fully saturated rings. The van der Waals surface area contributed by atoms with Crippen LogP contribution in [0.5, 0.6) is 0 Å². The SMILES string of the molecule is C=CCn1c(=O)n(CCCC)c(=O)n(CCCS)c1=O. The highest BCUT2D eigenvalue weighted by Crippen LogP contribution is 1.90. The summed E-state index contributed by atoms with van der Waals surface area (Å²) in [5.74, 6) is 0.571. The van der Waals surface area contributed by atoms with Gasteiger partial charge in [-0.3, -0.25) is 0 Å². The number of hydrogen-bond acceptors (Lipinski definition) is 4. The Kier molecular flexibility index (Phi) is 6.57. The number of rotatable bonds is 8. The summed E-state index contributed by atoms with van der Waals surface area (Å²) in [5.41, 5.74) is -1.67. The molecule has 6 nitrogen and oxygen atoms in total. The number of hydrogen-bond donors (Lipinski definition) is 1. The van der Waals surface area contributed by atoms with E-state index in [1.165, 1.54) is 6.08 Å². The van der Waals surface area contributed by atoms with Gasteiger partial charge in [0.15, 0.2) is 0 Å². The van der Waals surface area contributed by atoms with Gasteiger partial charge >= 0.3 is 17.1 Å². The van der Waals surface area contributed by atoms with Gasteiger partial charge in [-0.15, -0.1) is 6.58 Å². The monoisotopic (exact) mass is 299 g/mol. The van der Waals surface area contributed by atoms with Crippen molar-refractivity contribution in [3.8, 4) is 0 Å². The van der Waals surface area contributed by atoms with E-state index in [-0.39, 0.29) is 13.1 Å². The summed E-state index contributed by atoms with van der Waals surface area (Å²) in [6.45, 7) is 6.21. The number of nitrogens with zero attached hydrogens (tertiary/aromatic N) is 3. The maximum absolute atomic E-state index is 12.2. The minimum absolute atomic E-state index is 0.102. The first-order valence-corrected chi connectivity index (χ1v) is 7.37. The zero-order valence-electron chi connectivity index (χ0n) is 11.7. The summed E-state index contributed by atoms with van der Waals surface area (Å²) >= 11 is 4.08. The minimum Gasteiger partial charge on any atom is -0.247 e. The molecule has 7 heteroatoms. The van der Waals surface area contributed by atoms with Crippen LogP contribution in [0.15, 0.2) is 27.0 Å². The molecule has 0 aromatic carbocycles. The molecule has 0 unspecified atom stereocenters. The number of aromatic nitrogens is 3. The van der Waals surface area contributed by atoms with Crippen LogP contribution < -0.4 is 17.1 Å².